The summed E-state index contributed by atoms with van der Waals surface area (Å²) in [6.45, 7) is 14.9. The predicted molar refractivity (Wildman–Crippen MR) is 175 cm³/mol. The molecule has 0 amide bonds. The number of hydrogen-bond acceptors (Lipinski definition) is 4. The maximum absolute atomic E-state index is 4.72. The van der Waals surface area contributed by atoms with Crippen LogP contribution in [0.1, 0.15) is 66.1 Å². The molecule has 2 aliphatic heterocycles. The minimum absolute atomic E-state index is 0. The van der Waals surface area contributed by atoms with E-state index < -0.39 is 0 Å². The summed E-state index contributed by atoms with van der Waals surface area (Å²) in [4.78, 5) is 9.43. The topological polar surface area (TPSA) is 24.7 Å². The molecule has 0 spiro atoms. The van der Waals surface area contributed by atoms with Gasteiger partial charge in [-0.1, -0.05) is 35.4 Å². The Kier molecular flexibility index (Phi) is 10.9. The van der Waals surface area contributed by atoms with Gasteiger partial charge in [0, 0.05) is 33.7 Å². The van der Waals surface area contributed by atoms with Crippen LogP contribution >= 0.6 is 23.5 Å². The molecule has 4 aromatic rings. The van der Waals surface area contributed by atoms with Crippen LogP contribution in [0.25, 0.3) is 0 Å². The maximum atomic E-state index is 4.72. The summed E-state index contributed by atoms with van der Waals surface area (Å²) in [5, 5.41) is 3.13. The second-order valence-corrected chi connectivity index (χ2v) is 13.1. The summed E-state index contributed by atoms with van der Waals surface area (Å²) in [5.41, 5.74) is 13.3. The number of thioether (sulfide) groups is 2. The molecular formula is C36H36N2PtS2. The fourth-order valence-corrected chi connectivity index (χ4v) is 8.42. The van der Waals surface area contributed by atoms with Gasteiger partial charge in [0.05, 0.1) is 0 Å². The van der Waals surface area contributed by atoms with Crippen LogP contribution < -0.4 is 0 Å². The van der Waals surface area contributed by atoms with Crippen molar-refractivity contribution in [3.63, 3.8) is 0 Å². The molecule has 212 valence electrons. The molecule has 0 aliphatic carbocycles. The fraction of sp³-hybridized carbons (Fsp3) is 0.278. The van der Waals surface area contributed by atoms with Gasteiger partial charge in [-0.15, -0.1) is 95.3 Å². The van der Waals surface area contributed by atoms with Crippen LogP contribution in [0.5, 0.6) is 0 Å². The number of aliphatic imine (C=N–C) groups is 2. The third kappa shape index (κ3) is 7.52. The molecule has 0 saturated carbocycles. The number of hydrogen-bond donors (Lipinski definition) is 0. The van der Waals surface area contributed by atoms with E-state index >= 15 is 0 Å². The zero-order valence-corrected chi connectivity index (χ0v) is 28.4. The van der Waals surface area contributed by atoms with Gasteiger partial charge >= 0.3 is 21.1 Å². The summed E-state index contributed by atoms with van der Waals surface area (Å²) in [6.07, 6.45) is 0. The van der Waals surface area contributed by atoms with Gasteiger partial charge < -0.3 is 9.98 Å². The molecule has 0 bridgehead atoms. The van der Waals surface area contributed by atoms with E-state index in [1.807, 2.05) is 59.9 Å². The van der Waals surface area contributed by atoms with E-state index in [1.54, 1.807) is 0 Å². The first-order valence-corrected chi connectivity index (χ1v) is 15.6. The van der Waals surface area contributed by atoms with Gasteiger partial charge in [-0.2, -0.15) is 0 Å². The van der Waals surface area contributed by atoms with Gasteiger partial charge in [0.2, 0.25) is 0 Å². The van der Waals surface area contributed by atoms with Crippen LogP contribution in [0, 0.1) is 53.7 Å². The number of nitrogens with zero attached hydrogens (tertiary/aromatic N) is 2. The quantitative estimate of drug-likeness (QED) is 0.194. The first-order chi connectivity index (χ1) is 19.3. The van der Waals surface area contributed by atoms with Gasteiger partial charge in [-0.3, -0.25) is 0 Å². The summed E-state index contributed by atoms with van der Waals surface area (Å²) >= 11 is 3.74. The Morgan fingerprint density at radius 1 is 0.585 bits per heavy atom. The van der Waals surface area contributed by atoms with E-state index in [0.717, 1.165) is 34.3 Å². The molecule has 2 atom stereocenters. The normalized spacial score (nSPS) is 17.7. The van der Waals surface area contributed by atoms with Crippen molar-refractivity contribution in [2.24, 2.45) is 9.98 Å². The molecule has 41 heavy (non-hydrogen) atoms. The zero-order chi connectivity index (χ0) is 28.2. The molecule has 2 nitrogen and oxygen atoms in total. The van der Waals surface area contributed by atoms with Crippen molar-refractivity contribution in [1.82, 2.24) is 0 Å². The molecule has 6 rings (SSSR count). The van der Waals surface area contributed by atoms with Crippen LogP contribution in [0.3, 0.4) is 0 Å². The van der Waals surface area contributed by atoms with Crippen LogP contribution in [0.15, 0.2) is 82.8 Å². The third-order valence-corrected chi connectivity index (χ3v) is 9.79. The molecular weight excluding hydrogens is 720 g/mol. The minimum atomic E-state index is 0. The summed E-state index contributed by atoms with van der Waals surface area (Å²) in [7, 11) is 0. The zero-order valence-electron chi connectivity index (χ0n) is 24.5. The fourth-order valence-electron chi connectivity index (χ4n) is 5.80. The van der Waals surface area contributed by atoms with Crippen LogP contribution in [-0.2, 0) is 21.1 Å². The van der Waals surface area contributed by atoms with Crippen LogP contribution in [0.2, 0.25) is 0 Å². The van der Waals surface area contributed by atoms with E-state index in [2.05, 4.69) is 90.1 Å². The maximum Gasteiger partial charge on any atom is 2.00 e. The second-order valence-electron chi connectivity index (χ2n) is 10.7. The minimum Gasteiger partial charge on any atom is -0.325 e. The Bertz CT molecular complexity index is 1400. The molecule has 2 aliphatic rings. The standard InChI is InChI=1S/2C18H18NS.Pt/c2*1-12-9-13(2)17(14(3)10-12)16-11-19-18(20-16)15-7-5-4-6-8-15;/h2*4-7,9-10,16H,11H2,1-3H3;/q2*-1;+2. The van der Waals surface area contributed by atoms with E-state index in [4.69, 9.17) is 9.98 Å². The summed E-state index contributed by atoms with van der Waals surface area (Å²) in [5.74, 6) is 0. The van der Waals surface area contributed by atoms with Gasteiger partial charge in [0.15, 0.2) is 0 Å². The molecule has 0 fully saturated rings. The predicted octanol–water partition coefficient (Wildman–Crippen LogP) is 9.29. The number of aryl methyl sites for hydroxylation is 6. The SMILES string of the molecule is Cc1cc(C)c(C2CN=C(c3[c-]cccc3)S2)c(C)c1.Cc1cc(C)c(C2CN=C(c3[c-]cccc3)S2)c(C)c1.[Pt+2]. The first-order valence-electron chi connectivity index (χ1n) is 13.8. The molecule has 2 heterocycles. The van der Waals surface area contributed by atoms with Gasteiger partial charge in [0.1, 0.15) is 0 Å². The van der Waals surface area contributed by atoms with Crippen molar-refractivity contribution in [2.75, 3.05) is 13.1 Å². The van der Waals surface area contributed by atoms with Crippen molar-refractivity contribution in [2.45, 2.75) is 52.0 Å². The van der Waals surface area contributed by atoms with E-state index in [9.17, 15) is 0 Å². The van der Waals surface area contributed by atoms with Crippen molar-refractivity contribution in [1.29, 1.82) is 0 Å². The average molecular weight is 756 g/mol. The van der Waals surface area contributed by atoms with E-state index in [0.29, 0.717) is 10.5 Å². The molecule has 0 N–H and O–H groups in total. The van der Waals surface area contributed by atoms with Crippen molar-refractivity contribution >= 4 is 33.6 Å². The Morgan fingerprint density at radius 2 is 0.951 bits per heavy atom. The van der Waals surface area contributed by atoms with E-state index in [1.165, 1.54) is 44.5 Å². The van der Waals surface area contributed by atoms with E-state index in [-0.39, 0.29) is 21.1 Å². The summed E-state index contributed by atoms with van der Waals surface area (Å²) < 4.78 is 0. The molecule has 4 aromatic carbocycles. The van der Waals surface area contributed by atoms with Crippen molar-refractivity contribution in [3.8, 4) is 0 Å². The van der Waals surface area contributed by atoms with Gasteiger partial charge in [-0.05, 0) is 74.9 Å². The average Bonchev–Trinajstić information content (AvgIpc) is 3.60. The van der Waals surface area contributed by atoms with Gasteiger partial charge in [0.25, 0.3) is 0 Å². The third-order valence-electron chi connectivity index (χ3n) is 7.31. The number of benzene rings is 4. The molecule has 5 heteroatoms. The number of rotatable bonds is 4. The van der Waals surface area contributed by atoms with Crippen LogP contribution in [0.4, 0.5) is 0 Å². The second kappa shape index (κ2) is 14.2. The first kappa shape index (κ1) is 31.5. The van der Waals surface area contributed by atoms with Crippen LogP contribution in [-0.4, -0.2) is 23.2 Å². The van der Waals surface area contributed by atoms with Crippen molar-refractivity contribution < 1.29 is 21.1 Å². The smallest absolute Gasteiger partial charge is 0.325 e. The largest absolute Gasteiger partial charge is 2.00 e. The molecule has 0 saturated heterocycles. The molecule has 0 radical (unpaired) electrons. The van der Waals surface area contributed by atoms with Gasteiger partial charge in [-0.25, -0.2) is 0 Å². The Balaban J connectivity index is 0.000000184. The Morgan fingerprint density at radius 3 is 1.27 bits per heavy atom. The van der Waals surface area contributed by atoms with Crippen molar-refractivity contribution in [3.05, 3.63) is 141 Å². The monoisotopic (exact) mass is 755 g/mol. The Hall–Kier alpha value is -2.39. The molecule has 0 aromatic heterocycles. The Labute approximate surface area is 268 Å². The molecule has 2 unspecified atom stereocenters. The summed E-state index contributed by atoms with van der Waals surface area (Å²) in [6, 6.07) is 31.8.